The van der Waals surface area contributed by atoms with Crippen LogP contribution in [0.3, 0.4) is 0 Å². The van der Waals surface area contributed by atoms with Crippen LogP contribution in [-0.4, -0.2) is 19.5 Å². The van der Waals surface area contributed by atoms with Crippen LogP contribution in [0.5, 0.6) is 0 Å². The lowest BCUT2D eigenvalue weighted by atomic mass is 9.88. The van der Waals surface area contributed by atoms with Gasteiger partial charge in [-0.1, -0.05) is 88.4 Å². The van der Waals surface area contributed by atoms with Gasteiger partial charge >= 0.3 is 0 Å². The van der Waals surface area contributed by atoms with E-state index in [-0.39, 0.29) is 11.8 Å². The van der Waals surface area contributed by atoms with E-state index in [4.69, 9.17) is 14.4 Å². The summed E-state index contributed by atoms with van der Waals surface area (Å²) in [7, 11) is 0. The molecule has 3 heterocycles. The SMILES string of the molecule is CC(C)c1cc(-c2ccccc2)cc(C(C)C)c1-n1c(-c2cccc3c2oc2ccccc23)nc2nccnc21. The highest BCUT2D eigenvalue weighted by molar-refractivity contribution is 6.09. The van der Waals surface area contributed by atoms with Crippen molar-refractivity contribution < 1.29 is 4.42 Å². The minimum atomic E-state index is 0.264. The van der Waals surface area contributed by atoms with E-state index in [0.29, 0.717) is 5.65 Å². The Labute approximate surface area is 233 Å². The Bertz CT molecular complexity index is 1990. The highest BCUT2D eigenvalue weighted by Crippen LogP contribution is 2.41. The standard InChI is InChI=1S/C35H30N4O/c1-21(2)28-19-24(23-11-6-5-7-12-23)20-29(22(3)4)31(28)39-34(38-33-35(39)37-18-17-36-33)27-15-10-14-26-25-13-8-9-16-30(25)40-32(26)27/h5-22H,1-4H3. The topological polar surface area (TPSA) is 56.7 Å². The van der Waals surface area contributed by atoms with Crippen LogP contribution in [0.1, 0.15) is 50.7 Å². The van der Waals surface area contributed by atoms with Crippen molar-refractivity contribution in [1.82, 2.24) is 19.5 Å². The van der Waals surface area contributed by atoms with Gasteiger partial charge in [0, 0.05) is 23.2 Å². The monoisotopic (exact) mass is 522 g/mol. The molecule has 0 aliphatic carbocycles. The van der Waals surface area contributed by atoms with Crippen molar-refractivity contribution in [2.75, 3.05) is 0 Å². The number of furan rings is 1. The van der Waals surface area contributed by atoms with Gasteiger partial charge in [-0.3, -0.25) is 4.57 Å². The van der Waals surface area contributed by atoms with Crippen LogP contribution in [-0.2, 0) is 0 Å². The van der Waals surface area contributed by atoms with E-state index in [1.54, 1.807) is 12.4 Å². The number of rotatable bonds is 5. The fraction of sp³-hybridized carbons (Fsp3) is 0.171. The van der Waals surface area contributed by atoms with E-state index in [2.05, 4.69) is 104 Å². The lowest BCUT2D eigenvalue weighted by molar-refractivity contribution is 0.669. The molecule has 5 nitrogen and oxygen atoms in total. The number of imidazole rings is 1. The molecule has 0 aliphatic rings. The quantitative estimate of drug-likeness (QED) is 0.226. The van der Waals surface area contributed by atoms with Crippen molar-refractivity contribution in [3.05, 3.63) is 108 Å². The first-order valence-electron chi connectivity index (χ1n) is 13.8. The van der Waals surface area contributed by atoms with E-state index in [9.17, 15) is 0 Å². The molecule has 5 heteroatoms. The molecular formula is C35H30N4O. The van der Waals surface area contributed by atoms with Crippen molar-refractivity contribution in [2.24, 2.45) is 0 Å². The first-order valence-corrected chi connectivity index (χ1v) is 13.8. The van der Waals surface area contributed by atoms with Crippen molar-refractivity contribution in [2.45, 2.75) is 39.5 Å². The molecule has 7 aromatic rings. The van der Waals surface area contributed by atoms with Gasteiger partial charge in [0.05, 0.1) is 11.3 Å². The van der Waals surface area contributed by atoms with E-state index in [0.717, 1.165) is 44.7 Å². The molecule has 3 aromatic heterocycles. The van der Waals surface area contributed by atoms with E-state index in [1.807, 2.05) is 18.2 Å². The summed E-state index contributed by atoms with van der Waals surface area (Å²) in [6.07, 6.45) is 3.45. The molecule has 0 saturated heterocycles. The van der Waals surface area contributed by atoms with Gasteiger partial charge in [0.2, 0.25) is 0 Å². The minimum Gasteiger partial charge on any atom is -0.455 e. The fourth-order valence-corrected chi connectivity index (χ4v) is 5.74. The summed E-state index contributed by atoms with van der Waals surface area (Å²) in [5.41, 5.74) is 9.99. The molecule has 0 atom stereocenters. The zero-order chi connectivity index (χ0) is 27.4. The Morgan fingerprint density at radius 2 is 1.35 bits per heavy atom. The third-order valence-corrected chi connectivity index (χ3v) is 7.68. The number of nitrogens with zero attached hydrogens (tertiary/aromatic N) is 4. The van der Waals surface area contributed by atoms with E-state index < -0.39 is 0 Å². The maximum absolute atomic E-state index is 6.46. The molecule has 0 spiro atoms. The Hall–Kier alpha value is -4.77. The number of fused-ring (bicyclic) bond motifs is 4. The maximum Gasteiger partial charge on any atom is 0.198 e. The molecule has 0 amide bonds. The molecule has 4 aromatic carbocycles. The maximum atomic E-state index is 6.46. The molecule has 0 saturated carbocycles. The van der Waals surface area contributed by atoms with Gasteiger partial charge in [-0.25, -0.2) is 15.0 Å². The van der Waals surface area contributed by atoms with Gasteiger partial charge in [-0.2, -0.15) is 0 Å². The lowest BCUT2D eigenvalue weighted by Gasteiger charge is -2.24. The van der Waals surface area contributed by atoms with Crippen molar-refractivity contribution in [1.29, 1.82) is 0 Å². The molecule has 0 radical (unpaired) electrons. The second kappa shape index (κ2) is 9.45. The van der Waals surface area contributed by atoms with Crippen LogP contribution in [0, 0.1) is 0 Å². The number of benzene rings is 4. The van der Waals surface area contributed by atoms with Crippen LogP contribution in [0.4, 0.5) is 0 Å². The summed E-state index contributed by atoms with van der Waals surface area (Å²) in [5.74, 6) is 1.31. The summed E-state index contributed by atoms with van der Waals surface area (Å²) >= 11 is 0. The van der Waals surface area contributed by atoms with E-state index in [1.165, 1.54) is 22.3 Å². The summed E-state index contributed by atoms with van der Waals surface area (Å²) in [4.78, 5) is 14.5. The summed E-state index contributed by atoms with van der Waals surface area (Å²) in [6.45, 7) is 9.01. The Balaban J connectivity index is 1.59. The summed E-state index contributed by atoms with van der Waals surface area (Å²) in [6, 6.07) is 29.7. The Morgan fingerprint density at radius 1 is 0.675 bits per heavy atom. The molecule has 0 aliphatic heterocycles. The molecule has 0 bridgehead atoms. The highest BCUT2D eigenvalue weighted by atomic mass is 16.3. The second-order valence-electron chi connectivity index (χ2n) is 10.9. The van der Waals surface area contributed by atoms with Crippen molar-refractivity contribution in [3.63, 3.8) is 0 Å². The number of hydrogen-bond donors (Lipinski definition) is 0. The number of hydrogen-bond acceptors (Lipinski definition) is 4. The summed E-state index contributed by atoms with van der Waals surface area (Å²) < 4.78 is 8.68. The summed E-state index contributed by atoms with van der Waals surface area (Å²) in [5, 5.41) is 2.16. The molecular weight excluding hydrogens is 492 g/mol. The average molecular weight is 523 g/mol. The number of para-hydroxylation sites is 2. The van der Waals surface area contributed by atoms with Crippen LogP contribution in [0.15, 0.2) is 102 Å². The van der Waals surface area contributed by atoms with Crippen LogP contribution in [0.25, 0.3) is 61.4 Å². The largest absolute Gasteiger partial charge is 0.455 e. The molecule has 0 unspecified atom stereocenters. The van der Waals surface area contributed by atoms with Gasteiger partial charge < -0.3 is 4.42 Å². The smallest absolute Gasteiger partial charge is 0.198 e. The normalized spacial score (nSPS) is 11.9. The highest BCUT2D eigenvalue weighted by Gasteiger charge is 2.26. The van der Waals surface area contributed by atoms with Gasteiger partial charge in [0.1, 0.15) is 11.2 Å². The zero-order valence-corrected chi connectivity index (χ0v) is 23.1. The molecule has 196 valence electrons. The average Bonchev–Trinajstić information content (AvgIpc) is 3.55. The van der Waals surface area contributed by atoms with Crippen LogP contribution >= 0.6 is 0 Å². The zero-order valence-electron chi connectivity index (χ0n) is 23.1. The third-order valence-electron chi connectivity index (χ3n) is 7.68. The molecule has 0 N–H and O–H groups in total. The van der Waals surface area contributed by atoms with E-state index >= 15 is 0 Å². The van der Waals surface area contributed by atoms with Crippen LogP contribution < -0.4 is 0 Å². The van der Waals surface area contributed by atoms with Gasteiger partial charge in [-0.15, -0.1) is 0 Å². The molecule has 40 heavy (non-hydrogen) atoms. The van der Waals surface area contributed by atoms with Crippen LogP contribution in [0.2, 0.25) is 0 Å². The first kappa shape index (κ1) is 24.3. The Kier molecular flexibility index (Phi) is 5.74. The molecule has 0 fully saturated rings. The number of aromatic nitrogens is 4. The van der Waals surface area contributed by atoms with Gasteiger partial charge in [-0.05, 0) is 58.4 Å². The molecule has 7 rings (SSSR count). The van der Waals surface area contributed by atoms with Gasteiger partial charge in [0.25, 0.3) is 0 Å². The second-order valence-corrected chi connectivity index (χ2v) is 10.9. The minimum absolute atomic E-state index is 0.264. The Morgan fingerprint density at radius 3 is 2.10 bits per heavy atom. The lowest BCUT2D eigenvalue weighted by Crippen LogP contribution is -2.10. The van der Waals surface area contributed by atoms with Gasteiger partial charge in [0.15, 0.2) is 17.1 Å². The van der Waals surface area contributed by atoms with Crippen molar-refractivity contribution in [3.8, 4) is 28.2 Å². The van der Waals surface area contributed by atoms with Crippen molar-refractivity contribution >= 4 is 33.2 Å². The fourth-order valence-electron chi connectivity index (χ4n) is 5.74. The first-order chi connectivity index (χ1) is 19.5. The predicted octanol–water partition coefficient (Wildman–Crippen LogP) is 9.30. The predicted molar refractivity (Wildman–Crippen MR) is 163 cm³/mol. The third kappa shape index (κ3) is 3.81.